The Hall–Kier alpha value is -2.87. The highest BCUT2D eigenvalue weighted by atomic mass is 32.1. The number of nitrogens with one attached hydrogen (secondary N) is 3. The van der Waals surface area contributed by atoms with Crippen LogP contribution < -0.4 is 16.2 Å². The number of benzene rings is 1. The number of hydrazine groups is 1. The molecular formula is C23H28N4O3S. The molecule has 4 amide bonds. The number of likely N-dealkylation sites (tertiary alicyclic amines) is 1. The molecule has 1 aliphatic heterocycles. The molecule has 0 spiro atoms. The molecule has 164 valence electrons. The molecule has 7 nitrogen and oxygen atoms in total. The van der Waals surface area contributed by atoms with Crippen molar-refractivity contribution in [1.82, 2.24) is 21.1 Å². The molecule has 1 fully saturated rings. The Balaban J connectivity index is 1.23. The maximum atomic E-state index is 12.4. The predicted molar refractivity (Wildman–Crippen MR) is 120 cm³/mol. The Morgan fingerprint density at radius 3 is 2.65 bits per heavy atom. The second-order valence-electron chi connectivity index (χ2n) is 8.12. The van der Waals surface area contributed by atoms with Crippen molar-refractivity contribution < 1.29 is 14.4 Å². The van der Waals surface area contributed by atoms with E-state index in [2.05, 4.69) is 16.2 Å². The molecule has 1 aliphatic carbocycles. The average Bonchev–Trinajstić information content (AvgIpc) is 3.30. The molecule has 0 unspecified atom stereocenters. The number of hydrogen-bond acceptors (Lipinski definition) is 4. The SMILES string of the molecule is O=C(NCc1cccc(CN2CCCC2=O)c1)NNC(=O)c1cc2c(s1)CCCCC2. The summed E-state index contributed by atoms with van der Waals surface area (Å²) >= 11 is 1.52. The summed E-state index contributed by atoms with van der Waals surface area (Å²) in [5, 5.41) is 2.75. The molecule has 2 heterocycles. The Morgan fingerprint density at radius 1 is 0.968 bits per heavy atom. The van der Waals surface area contributed by atoms with Gasteiger partial charge < -0.3 is 10.2 Å². The summed E-state index contributed by atoms with van der Waals surface area (Å²) in [5.41, 5.74) is 8.17. The zero-order valence-corrected chi connectivity index (χ0v) is 18.4. The van der Waals surface area contributed by atoms with Gasteiger partial charge in [0, 0.05) is 30.9 Å². The number of thiophene rings is 1. The van der Waals surface area contributed by atoms with E-state index in [9.17, 15) is 14.4 Å². The first-order valence-electron chi connectivity index (χ1n) is 10.9. The lowest BCUT2D eigenvalue weighted by atomic mass is 10.1. The van der Waals surface area contributed by atoms with E-state index < -0.39 is 6.03 Å². The molecule has 8 heteroatoms. The summed E-state index contributed by atoms with van der Waals surface area (Å²) in [4.78, 5) is 40.1. The first kappa shape index (κ1) is 21.4. The molecule has 0 atom stereocenters. The number of rotatable bonds is 5. The van der Waals surface area contributed by atoms with E-state index in [1.54, 1.807) is 0 Å². The van der Waals surface area contributed by atoms with E-state index in [-0.39, 0.29) is 11.8 Å². The summed E-state index contributed by atoms with van der Waals surface area (Å²) in [6.45, 7) is 1.73. The molecule has 2 aliphatic rings. The van der Waals surface area contributed by atoms with Crippen molar-refractivity contribution in [2.75, 3.05) is 6.54 Å². The Labute approximate surface area is 186 Å². The number of urea groups is 1. The third-order valence-electron chi connectivity index (χ3n) is 5.75. The summed E-state index contributed by atoms with van der Waals surface area (Å²) in [6.07, 6.45) is 7.18. The van der Waals surface area contributed by atoms with E-state index in [0.717, 1.165) is 36.9 Å². The third-order valence-corrected chi connectivity index (χ3v) is 6.99. The topological polar surface area (TPSA) is 90.5 Å². The minimum atomic E-state index is -0.466. The van der Waals surface area contributed by atoms with E-state index in [1.165, 1.54) is 41.0 Å². The number of carbonyl (C=O) groups excluding carboxylic acids is 3. The largest absolute Gasteiger partial charge is 0.338 e. The van der Waals surface area contributed by atoms with E-state index in [1.807, 2.05) is 35.2 Å². The second kappa shape index (κ2) is 9.96. The molecule has 3 N–H and O–H groups in total. The lowest BCUT2D eigenvalue weighted by Gasteiger charge is -2.16. The maximum Gasteiger partial charge on any atom is 0.333 e. The predicted octanol–water partition coefficient (Wildman–Crippen LogP) is 3.28. The van der Waals surface area contributed by atoms with Crippen LogP contribution in [-0.4, -0.2) is 29.3 Å². The van der Waals surface area contributed by atoms with Crippen molar-refractivity contribution in [3.63, 3.8) is 0 Å². The fraction of sp³-hybridized carbons (Fsp3) is 0.435. The van der Waals surface area contributed by atoms with Crippen LogP contribution in [0.25, 0.3) is 0 Å². The third kappa shape index (κ3) is 5.64. The number of carbonyl (C=O) groups is 3. The smallest absolute Gasteiger partial charge is 0.333 e. The molecule has 4 rings (SSSR count). The Kier molecular flexibility index (Phi) is 6.86. The second-order valence-corrected chi connectivity index (χ2v) is 9.26. The number of amides is 4. The lowest BCUT2D eigenvalue weighted by molar-refractivity contribution is -0.128. The van der Waals surface area contributed by atoms with Crippen LogP contribution in [0.3, 0.4) is 0 Å². The Morgan fingerprint density at radius 2 is 1.81 bits per heavy atom. The van der Waals surface area contributed by atoms with E-state index >= 15 is 0 Å². The van der Waals surface area contributed by atoms with Crippen LogP contribution in [0.4, 0.5) is 4.79 Å². The van der Waals surface area contributed by atoms with Gasteiger partial charge in [-0.3, -0.25) is 15.0 Å². The molecule has 0 radical (unpaired) electrons. The minimum absolute atomic E-state index is 0.195. The maximum absolute atomic E-state index is 12.4. The highest BCUT2D eigenvalue weighted by Crippen LogP contribution is 2.28. The van der Waals surface area contributed by atoms with Gasteiger partial charge in [-0.2, -0.15) is 0 Å². The summed E-state index contributed by atoms with van der Waals surface area (Å²) in [6, 6.07) is 9.31. The number of aryl methyl sites for hydroxylation is 2. The van der Waals surface area contributed by atoms with Crippen LogP contribution in [0.5, 0.6) is 0 Å². The molecule has 0 saturated carbocycles. The van der Waals surface area contributed by atoms with Crippen LogP contribution in [0.1, 0.15) is 63.3 Å². The summed E-state index contributed by atoms with van der Waals surface area (Å²) < 4.78 is 0. The zero-order chi connectivity index (χ0) is 21.6. The molecule has 1 aromatic carbocycles. The standard InChI is InChI=1S/C23H28N4O3S/c28-21-10-5-11-27(21)15-17-7-4-6-16(12-17)14-24-23(30)26-25-22(29)20-13-18-8-2-1-3-9-19(18)31-20/h4,6-7,12-13H,1-3,5,8-11,14-15H2,(H,25,29)(H2,24,26,30). The van der Waals surface area contributed by atoms with Gasteiger partial charge in [0.05, 0.1) is 4.88 Å². The van der Waals surface area contributed by atoms with Crippen molar-refractivity contribution in [3.05, 3.63) is 56.8 Å². The first-order chi connectivity index (χ1) is 15.1. The van der Waals surface area contributed by atoms with Crippen molar-refractivity contribution in [3.8, 4) is 0 Å². The average molecular weight is 441 g/mol. The fourth-order valence-electron chi connectivity index (χ4n) is 4.11. The van der Waals surface area contributed by atoms with Gasteiger partial charge in [0.25, 0.3) is 5.91 Å². The highest BCUT2D eigenvalue weighted by molar-refractivity contribution is 7.14. The molecule has 31 heavy (non-hydrogen) atoms. The van der Waals surface area contributed by atoms with Gasteiger partial charge in [-0.15, -0.1) is 11.3 Å². The van der Waals surface area contributed by atoms with Gasteiger partial charge in [-0.25, -0.2) is 10.2 Å². The monoisotopic (exact) mass is 440 g/mol. The lowest BCUT2D eigenvalue weighted by Crippen LogP contribution is -2.46. The van der Waals surface area contributed by atoms with Crippen LogP contribution >= 0.6 is 11.3 Å². The molecule has 0 bridgehead atoms. The fourth-order valence-corrected chi connectivity index (χ4v) is 5.26. The van der Waals surface area contributed by atoms with Gasteiger partial charge >= 0.3 is 6.03 Å². The summed E-state index contributed by atoms with van der Waals surface area (Å²) in [7, 11) is 0. The summed E-state index contributed by atoms with van der Waals surface area (Å²) in [5.74, 6) is -0.0914. The van der Waals surface area contributed by atoms with Crippen molar-refractivity contribution in [2.24, 2.45) is 0 Å². The van der Waals surface area contributed by atoms with Gasteiger partial charge in [0.15, 0.2) is 0 Å². The van der Waals surface area contributed by atoms with Crippen molar-refractivity contribution in [1.29, 1.82) is 0 Å². The van der Waals surface area contributed by atoms with E-state index in [4.69, 9.17) is 0 Å². The van der Waals surface area contributed by atoms with Gasteiger partial charge in [-0.1, -0.05) is 30.7 Å². The van der Waals surface area contributed by atoms with Gasteiger partial charge in [0.2, 0.25) is 5.91 Å². The first-order valence-corrected chi connectivity index (χ1v) is 11.7. The van der Waals surface area contributed by atoms with Crippen LogP contribution in [0, 0.1) is 0 Å². The van der Waals surface area contributed by atoms with Crippen molar-refractivity contribution in [2.45, 2.75) is 58.0 Å². The normalized spacial score (nSPS) is 15.9. The molecule has 1 aromatic heterocycles. The highest BCUT2D eigenvalue weighted by Gasteiger charge is 2.20. The molecular weight excluding hydrogens is 412 g/mol. The number of hydrogen-bond donors (Lipinski definition) is 3. The zero-order valence-electron chi connectivity index (χ0n) is 17.5. The van der Waals surface area contributed by atoms with Crippen LogP contribution in [-0.2, 0) is 30.7 Å². The van der Waals surface area contributed by atoms with Gasteiger partial charge in [0.1, 0.15) is 0 Å². The quantitative estimate of drug-likeness (QED) is 0.492. The number of nitrogens with zero attached hydrogens (tertiary/aromatic N) is 1. The van der Waals surface area contributed by atoms with Gasteiger partial charge in [-0.05, 0) is 54.9 Å². The van der Waals surface area contributed by atoms with Crippen molar-refractivity contribution >= 4 is 29.2 Å². The van der Waals surface area contributed by atoms with Crippen LogP contribution in [0.2, 0.25) is 0 Å². The minimum Gasteiger partial charge on any atom is -0.338 e. The van der Waals surface area contributed by atoms with E-state index in [0.29, 0.717) is 24.4 Å². The molecule has 1 saturated heterocycles. The number of fused-ring (bicyclic) bond motifs is 1. The molecule has 2 aromatic rings. The van der Waals surface area contributed by atoms with Crippen LogP contribution in [0.15, 0.2) is 30.3 Å². The Bertz CT molecular complexity index is 948.